The van der Waals surface area contributed by atoms with Crippen LogP contribution in [-0.2, 0) is 9.47 Å². The number of morpholine rings is 2. The Morgan fingerprint density at radius 3 is 1.80 bits per heavy atom. The molecule has 0 amide bonds. The van der Waals surface area contributed by atoms with E-state index in [2.05, 4.69) is 73.5 Å². The first-order valence-electron chi connectivity index (χ1n) is 14.9. The van der Waals surface area contributed by atoms with E-state index in [0.29, 0.717) is 17.8 Å². The second-order valence-electron chi connectivity index (χ2n) is 11.1. The summed E-state index contributed by atoms with van der Waals surface area (Å²) in [6.07, 6.45) is 8.06. The molecule has 4 heterocycles. The van der Waals surface area contributed by atoms with Crippen LogP contribution in [0.5, 0.6) is 0 Å². The van der Waals surface area contributed by atoms with Gasteiger partial charge in [0, 0.05) is 55.0 Å². The van der Waals surface area contributed by atoms with Crippen molar-refractivity contribution in [3.8, 4) is 0 Å². The molecule has 0 unspecified atom stereocenters. The molecule has 10 heteroatoms. The van der Waals surface area contributed by atoms with Crippen LogP contribution in [0.4, 0.5) is 34.5 Å². The number of ether oxygens (including phenoxy) is 2. The van der Waals surface area contributed by atoms with E-state index < -0.39 is 0 Å². The van der Waals surface area contributed by atoms with E-state index >= 15 is 0 Å². The van der Waals surface area contributed by atoms with Gasteiger partial charge >= 0.3 is 0 Å². The summed E-state index contributed by atoms with van der Waals surface area (Å²) in [6, 6.07) is 17.4. The first-order chi connectivity index (χ1) is 20.3. The summed E-state index contributed by atoms with van der Waals surface area (Å²) in [5.41, 5.74) is 5.98. The number of benzene rings is 2. The highest BCUT2D eigenvalue weighted by molar-refractivity contribution is 5.87. The molecular formula is C31H38N8O2. The van der Waals surface area contributed by atoms with Crippen molar-refractivity contribution in [1.82, 2.24) is 19.5 Å². The Balaban J connectivity index is 1.17. The molecular weight excluding hydrogens is 516 g/mol. The topological polar surface area (TPSA) is 92.6 Å². The minimum absolute atomic E-state index is 0.421. The number of nitrogens with one attached hydrogen (secondary N) is 2. The lowest BCUT2D eigenvalue weighted by atomic mass is 9.95. The predicted molar refractivity (Wildman–Crippen MR) is 163 cm³/mol. The fourth-order valence-electron chi connectivity index (χ4n) is 6.11. The Morgan fingerprint density at radius 1 is 0.659 bits per heavy atom. The summed E-state index contributed by atoms with van der Waals surface area (Å²) >= 11 is 0. The van der Waals surface area contributed by atoms with Crippen molar-refractivity contribution >= 4 is 45.7 Å². The number of anilines is 6. The fourth-order valence-corrected chi connectivity index (χ4v) is 6.11. The third-order valence-electron chi connectivity index (χ3n) is 8.40. The number of imidazole rings is 1. The summed E-state index contributed by atoms with van der Waals surface area (Å²) in [5.74, 6) is 1.26. The molecule has 1 aliphatic carbocycles. The van der Waals surface area contributed by atoms with Gasteiger partial charge in [0.25, 0.3) is 0 Å². The molecule has 3 aliphatic rings. The molecule has 0 radical (unpaired) electrons. The molecule has 4 aromatic rings. The van der Waals surface area contributed by atoms with E-state index in [0.717, 1.165) is 88.0 Å². The molecule has 2 aromatic carbocycles. The number of hydrogen-bond acceptors (Lipinski definition) is 9. The Hall–Kier alpha value is -3.89. The van der Waals surface area contributed by atoms with Crippen LogP contribution in [-0.4, -0.2) is 72.1 Å². The molecule has 2 saturated heterocycles. The van der Waals surface area contributed by atoms with E-state index in [9.17, 15) is 0 Å². The molecule has 1 saturated carbocycles. The van der Waals surface area contributed by atoms with Crippen LogP contribution in [0.1, 0.15) is 38.1 Å². The largest absolute Gasteiger partial charge is 0.378 e. The lowest BCUT2D eigenvalue weighted by molar-refractivity contribution is 0.122. The van der Waals surface area contributed by atoms with Gasteiger partial charge in [-0.25, -0.2) is 4.98 Å². The van der Waals surface area contributed by atoms with Gasteiger partial charge in [-0.2, -0.15) is 9.97 Å². The standard InChI is InChI=1S/C31H38N8O2/c1-2-4-27(5-3-1)39-22-32-28-29(33-23-6-10-25(11-7-23)37-14-18-40-19-15-37)35-31(36-30(28)39)34-24-8-12-26(13-9-24)38-16-20-41-21-17-38/h6-13,22,27H,1-5,14-21H2,(H2,33,34,35,36). The maximum absolute atomic E-state index is 5.51. The van der Waals surface area contributed by atoms with Crippen LogP contribution >= 0.6 is 0 Å². The molecule has 7 rings (SSSR count). The van der Waals surface area contributed by atoms with Crippen LogP contribution < -0.4 is 20.4 Å². The summed E-state index contributed by atoms with van der Waals surface area (Å²) in [7, 11) is 0. The summed E-state index contributed by atoms with van der Waals surface area (Å²) in [6.45, 7) is 6.76. The van der Waals surface area contributed by atoms with Gasteiger partial charge in [-0.05, 0) is 61.4 Å². The summed E-state index contributed by atoms with van der Waals surface area (Å²) < 4.78 is 13.3. The number of hydrogen-bond donors (Lipinski definition) is 2. The lowest BCUT2D eigenvalue weighted by Crippen LogP contribution is -2.36. The lowest BCUT2D eigenvalue weighted by Gasteiger charge is -2.29. The minimum atomic E-state index is 0.421. The molecule has 2 aliphatic heterocycles. The zero-order chi connectivity index (χ0) is 27.4. The van der Waals surface area contributed by atoms with Gasteiger partial charge in [-0.1, -0.05) is 19.3 Å². The van der Waals surface area contributed by atoms with E-state index in [4.69, 9.17) is 24.4 Å². The summed E-state index contributed by atoms with van der Waals surface area (Å²) in [5, 5.41) is 7.00. The van der Waals surface area contributed by atoms with Gasteiger partial charge in [-0.3, -0.25) is 0 Å². The van der Waals surface area contributed by atoms with E-state index in [-0.39, 0.29) is 0 Å². The average Bonchev–Trinajstić information content (AvgIpc) is 3.47. The van der Waals surface area contributed by atoms with E-state index in [1.165, 1.54) is 30.6 Å². The minimum Gasteiger partial charge on any atom is -0.378 e. The molecule has 3 fully saturated rings. The maximum atomic E-state index is 5.51. The van der Waals surface area contributed by atoms with Crippen molar-refractivity contribution in [3.05, 3.63) is 54.9 Å². The molecule has 0 bridgehead atoms. The SMILES string of the molecule is c1cc(N2CCOCC2)ccc1Nc1nc(Nc2ccc(N3CCOCC3)cc2)c2ncn(C3CCCCC3)c2n1. The normalized spacial score (nSPS) is 18.5. The van der Waals surface area contributed by atoms with Gasteiger partial charge in [0.05, 0.1) is 32.8 Å². The highest BCUT2D eigenvalue weighted by Crippen LogP contribution is 2.33. The monoisotopic (exact) mass is 554 g/mol. The molecule has 41 heavy (non-hydrogen) atoms. The van der Waals surface area contributed by atoms with E-state index in [1.807, 2.05) is 6.33 Å². The molecule has 2 aromatic heterocycles. The molecule has 10 nitrogen and oxygen atoms in total. The van der Waals surface area contributed by atoms with Crippen LogP contribution in [0.15, 0.2) is 54.9 Å². The van der Waals surface area contributed by atoms with Crippen molar-refractivity contribution in [1.29, 1.82) is 0 Å². The molecule has 2 N–H and O–H groups in total. The third-order valence-corrected chi connectivity index (χ3v) is 8.40. The fraction of sp³-hybridized carbons (Fsp3) is 0.452. The third kappa shape index (κ3) is 5.80. The van der Waals surface area contributed by atoms with Crippen molar-refractivity contribution in [3.63, 3.8) is 0 Å². The number of aromatic nitrogens is 4. The Labute approximate surface area is 240 Å². The van der Waals surface area contributed by atoms with Crippen LogP contribution in [0.2, 0.25) is 0 Å². The second-order valence-corrected chi connectivity index (χ2v) is 11.1. The Kier molecular flexibility index (Phi) is 7.57. The number of fused-ring (bicyclic) bond motifs is 1. The first kappa shape index (κ1) is 26.0. The van der Waals surface area contributed by atoms with Gasteiger partial charge < -0.3 is 34.5 Å². The average molecular weight is 555 g/mol. The molecule has 0 spiro atoms. The van der Waals surface area contributed by atoms with Crippen molar-refractivity contribution < 1.29 is 9.47 Å². The molecule has 214 valence electrons. The Bertz CT molecular complexity index is 1440. The van der Waals surface area contributed by atoms with Crippen molar-refractivity contribution in [2.45, 2.75) is 38.1 Å². The van der Waals surface area contributed by atoms with Crippen LogP contribution in [0.3, 0.4) is 0 Å². The quantitative estimate of drug-likeness (QED) is 0.308. The van der Waals surface area contributed by atoms with Crippen molar-refractivity contribution in [2.75, 3.05) is 73.0 Å². The van der Waals surface area contributed by atoms with Crippen LogP contribution in [0, 0.1) is 0 Å². The smallest absolute Gasteiger partial charge is 0.231 e. The zero-order valence-electron chi connectivity index (χ0n) is 23.5. The predicted octanol–water partition coefficient (Wildman–Crippen LogP) is 5.49. The van der Waals surface area contributed by atoms with Crippen molar-refractivity contribution in [2.24, 2.45) is 0 Å². The van der Waals surface area contributed by atoms with E-state index in [1.54, 1.807) is 0 Å². The van der Waals surface area contributed by atoms with Gasteiger partial charge in [0.2, 0.25) is 5.95 Å². The van der Waals surface area contributed by atoms with Gasteiger partial charge in [0.1, 0.15) is 0 Å². The second kappa shape index (κ2) is 11.9. The molecule has 0 atom stereocenters. The maximum Gasteiger partial charge on any atom is 0.231 e. The Morgan fingerprint density at radius 2 is 1.22 bits per heavy atom. The first-order valence-corrected chi connectivity index (χ1v) is 14.9. The number of nitrogens with zero attached hydrogens (tertiary/aromatic N) is 6. The zero-order valence-corrected chi connectivity index (χ0v) is 23.5. The highest BCUT2D eigenvalue weighted by atomic mass is 16.5. The van der Waals surface area contributed by atoms with Gasteiger partial charge in [0.15, 0.2) is 17.0 Å². The van der Waals surface area contributed by atoms with Gasteiger partial charge in [-0.15, -0.1) is 0 Å². The highest BCUT2D eigenvalue weighted by Gasteiger charge is 2.21. The number of rotatable bonds is 7. The van der Waals surface area contributed by atoms with Crippen LogP contribution in [0.25, 0.3) is 11.2 Å². The summed E-state index contributed by atoms with van der Waals surface area (Å²) in [4.78, 5) is 19.4.